The smallest absolute Gasteiger partial charge is 0.244 e. The fourth-order valence-electron chi connectivity index (χ4n) is 2.20. The van der Waals surface area contributed by atoms with Crippen molar-refractivity contribution in [3.05, 3.63) is 60.2 Å². The second kappa shape index (κ2) is 7.79. The van der Waals surface area contributed by atoms with Crippen LogP contribution in [0.2, 0.25) is 0 Å². The van der Waals surface area contributed by atoms with Crippen LogP contribution >= 0.6 is 0 Å². The lowest BCUT2D eigenvalue weighted by Gasteiger charge is -2.03. The number of nitrogens with one attached hydrogen (secondary N) is 1. The summed E-state index contributed by atoms with van der Waals surface area (Å²) in [6.45, 7) is 0.577. The van der Waals surface area contributed by atoms with Gasteiger partial charge in [-0.25, -0.2) is 0 Å². The summed E-state index contributed by atoms with van der Waals surface area (Å²) in [6.07, 6.45) is 3.15. The van der Waals surface area contributed by atoms with Gasteiger partial charge in [0.25, 0.3) is 0 Å². The Morgan fingerprint density at radius 3 is 2.75 bits per heavy atom. The van der Waals surface area contributed by atoms with E-state index in [1.807, 2.05) is 48.5 Å². The first-order valence-corrected chi connectivity index (χ1v) is 8.83. The monoisotopic (exact) mass is 343 g/mol. The summed E-state index contributed by atoms with van der Waals surface area (Å²) in [6, 6.07) is 14.7. The van der Waals surface area contributed by atoms with E-state index in [9.17, 15) is 9.00 Å². The van der Waals surface area contributed by atoms with Crippen molar-refractivity contribution < 1.29 is 18.5 Å². The minimum Gasteiger partial charge on any atom is -0.454 e. The number of carbonyl (C=O) groups excluding carboxylic acids is 1. The number of carbonyl (C=O) groups is 1. The van der Waals surface area contributed by atoms with E-state index in [4.69, 9.17) is 9.47 Å². The van der Waals surface area contributed by atoms with Crippen LogP contribution in [-0.4, -0.2) is 29.2 Å². The third kappa shape index (κ3) is 4.23. The molecule has 0 spiro atoms. The van der Waals surface area contributed by atoms with Gasteiger partial charge in [-0.3, -0.25) is 9.00 Å². The lowest BCUT2D eigenvalue weighted by molar-refractivity contribution is -0.116. The second-order valence-electron chi connectivity index (χ2n) is 5.10. The van der Waals surface area contributed by atoms with Crippen LogP contribution in [0.5, 0.6) is 11.5 Å². The molecule has 6 heteroatoms. The van der Waals surface area contributed by atoms with E-state index in [-0.39, 0.29) is 12.7 Å². The molecule has 0 unspecified atom stereocenters. The molecular formula is C18H17NO4S. The van der Waals surface area contributed by atoms with Crippen molar-refractivity contribution >= 4 is 22.8 Å². The molecule has 1 heterocycles. The van der Waals surface area contributed by atoms with Crippen LogP contribution in [0.3, 0.4) is 0 Å². The van der Waals surface area contributed by atoms with E-state index in [1.54, 1.807) is 6.08 Å². The van der Waals surface area contributed by atoms with Gasteiger partial charge in [-0.05, 0) is 35.9 Å². The van der Waals surface area contributed by atoms with Crippen LogP contribution in [-0.2, 0) is 15.6 Å². The Hall–Kier alpha value is -2.60. The van der Waals surface area contributed by atoms with Crippen LogP contribution in [0.4, 0.5) is 0 Å². The minimum absolute atomic E-state index is 0.224. The van der Waals surface area contributed by atoms with Gasteiger partial charge >= 0.3 is 0 Å². The van der Waals surface area contributed by atoms with Crippen molar-refractivity contribution in [3.63, 3.8) is 0 Å². The first-order chi connectivity index (χ1) is 11.7. The largest absolute Gasteiger partial charge is 0.454 e. The highest BCUT2D eigenvalue weighted by molar-refractivity contribution is 7.85. The van der Waals surface area contributed by atoms with E-state index in [0.717, 1.165) is 10.5 Å². The van der Waals surface area contributed by atoms with Crippen LogP contribution < -0.4 is 14.8 Å². The molecule has 0 saturated heterocycles. The third-order valence-corrected chi connectivity index (χ3v) is 4.79. The van der Waals surface area contributed by atoms with Crippen LogP contribution in [0.25, 0.3) is 6.08 Å². The van der Waals surface area contributed by atoms with Gasteiger partial charge in [0, 0.05) is 23.3 Å². The second-order valence-corrected chi connectivity index (χ2v) is 6.67. The highest BCUT2D eigenvalue weighted by Gasteiger charge is 2.12. The normalized spacial score (nSPS) is 13.8. The van der Waals surface area contributed by atoms with Gasteiger partial charge in [-0.1, -0.05) is 24.3 Å². The lowest BCUT2D eigenvalue weighted by Crippen LogP contribution is -2.25. The van der Waals surface area contributed by atoms with E-state index >= 15 is 0 Å². The highest BCUT2D eigenvalue weighted by atomic mass is 32.2. The van der Waals surface area contributed by atoms with E-state index < -0.39 is 10.8 Å². The number of fused-ring (bicyclic) bond motifs is 1. The van der Waals surface area contributed by atoms with Gasteiger partial charge in [-0.15, -0.1) is 0 Å². The standard InChI is InChI=1S/C18H17NO4S/c20-18(19-10-11-24(21)15-4-2-1-3-5-15)9-7-14-6-8-16-17(12-14)23-13-22-16/h1-9,12H,10-11,13H2,(H,19,20)/b9-7-/t24-/m1/s1. The molecule has 1 aliphatic rings. The van der Waals surface area contributed by atoms with Crippen molar-refractivity contribution in [3.8, 4) is 11.5 Å². The molecule has 1 amide bonds. The molecule has 0 aromatic heterocycles. The Morgan fingerprint density at radius 1 is 1.12 bits per heavy atom. The summed E-state index contributed by atoms with van der Waals surface area (Å²) in [7, 11) is -1.11. The lowest BCUT2D eigenvalue weighted by atomic mass is 10.2. The summed E-state index contributed by atoms with van der Waals surface area (Å²) in [4.78, 5) is 12.6. The maximum absolute atomic E-state index is 12.0. The predicted molar refractivity (Wildman–Crippen MR) is 92.3 cm³/mol. The van der Waals surface area contributed by atoms with Crippen molar-refractivity contribution in [2.45, 2.75) is 4.90 Å². The zero-order valence-electron chi connectivity index (χ0n) is 12.9. The van der Waals surface area contributed by atoms with Crippen molar-refractivity contribution in [1.29, 1.82) is 0 Å². The summed E-state index contributed by atoms with van der Waals surface area (Å²) in [5, 5.41) is 2.73. The summed E-state index contributed by atoms with van der Waals surface area (Å²) < 4.78 is 22.6. The summed E-state index contributed by atoms with van der Waals surface area (Å²) in [5.74, 6) is 1.54. The molecule has 5 nitrogen and oxygen atoms in total. The van der Waals surface area contributed by atoms with E-state index in [0.29, 0.717) is 23.8 Å². The van der Waals surface area contributed by atoms with E-state index in [1.165, 1.54) is 6.08 Å². The molecule has 1 N–H and O–H groups in total. The molecule has 124 valence electrons. The number of amides is 1. The highest BCUT2D eigenvalue weighted by Crippen LogP contribution is 2.32. The SMILES string of the molecule is O=C(/C=C\c1ccc2c(c1)OCO2)NCC[S@@](=O)c1ccccc1. The Balaban J connectivity index is 1.46. The number of hydrogen-bond acceptors (Lipinski definition) is 4. The molecule has 0 saturated carbocycles. The van der Waals surface area contributed by atoms with E-state index in [2.05, 4.69) is 5.32 Å². The molecule has 2 aromatic carbocycles. The van der Waals surface area contributed by atoms with Gasteiger partial charge in [0.1, 0.15) is 0 Å². The topological polar surface area (TPSA) is 64.6 Å². The molecule has 0 radical (unpaired) electrons. The summed E-state index contributed by atoms with van der Waals surface area (Å²) >= 11 is 0. The number of benzene rings is 2. The first-order valence-electron chi connectivity index (χ1n) is 7.51. The van der Waals surface area contributed by atoms with Crippen molar-refractivity contribution in [1.82, 2.24) is 5.32 Å². The maximum atomic E-state index is 12.0. The molecule has 24 heavy (non-hydrogen) atoms. The Labute approximate surface area is 142 Å². The molecule has 1 aliphatic heterocycles. The van der Waals surface area contributed by atoms with Crippen LogP contribution in [0, 0.1) is 0 Å². The molecule has 0 aliphatic carbocycles. The first kappa shape index (κ1) is 16.3. The maximum Gasteiger partial charge on any atom is 0.244 e. The molecule has 0 bridgehead atoms. The predicted octanol–water partition coefficient (Wildman–Crippen LogP) is 2.35. The molecular weight excluding hydrogens is 326 g/mol. The Kier molecular flexibility index (Phi) is 5.28. The quantitative estimate of drug-likeness (QED) is 0.818. The van der Waals surface area contributed by atoms with Crippen LogP contribution in [0.1, 0.15) is 5.56 Å². The van der Waals surface area contributed by atoms with Gasteiger partial charge in [0.05, 0.1) is 10.8 Å². The average molecular weight is 343 g/mol. The zero-order valence-corrected chi connectivity index (χ0v) is 13.8. The fourth-order valence-corrected chi connectivity index (χ4v) is 3.19. The molecule has 0 fully saturated rings. The average Bonchev–Trinajstić information content (AvgIpc) is 3.08. The van der Waals surface area contributed by atoms with Gasteiger partial charge < -0.3 is 14.8 Å². The third-order valence-electron chi connectivity index (χ3n) is 3.42. The minimum atomic E-state index is -1.11. The fraction of sp³-hybridized carbons (Fsp3) is 0.167. The number of hydrogen-bond donors (Lipinski definition) is 1. The van der Waals surface area contributed by atoms with Gasteiger partial charge in [0.15, 0.2) is 11.5 Å². The number of rotatable bonds is 6. The van der Waals surface area contributed by atoms with Crippen molar-refractivity contribution in [2.75, 3.05) is 19.1 Å². The molecule has 3 rings (SSSR count). The molecule has 1 atom stereocenters. The van der Waals surface area contributed by atoms with Crippen LogP contribution in [0.15, 0.2) is 59.5 Å². The van der Waals surface area contributed by atoms with Crippen molar-refractivity contribution in [2.24, 2.45) is 0 Å². The summed E-state index contributed by atoms with van der Waals surface area (Å²) in [5.41, 5.74) is 0.849. The Bertz CT molecular complexity index is 774. The molecule has 2 aromatic rings. The van der Waals surface area contributed by atoms with Gasteiger partial charge in [-0.2, -0.15) is 0 Å². The Morgan fingerprint density at radius 2 is 1.92 bits per heavy atom. The van der Waals surface area contributed by atoms with Gasteiger partial charge in [0.2, 0.25) is 12.7 Å². The number of ether oxygens (including phenoxy) is 2. The zero-order chi connectivity index (χ0) is 16.8.